The summed E-state index contributed by atoms with van der Waals surface area (Å²) in [4.78, 5) is 11.6. The van der Waals surface area contributed by atoms with Gasteiger partial charge in [-0.25, -0.2) is 0 Å². The van der Waals surface area contributed by atoms with Crippen LogP contribution in [0.4, 0.5) is 0 Å². The van der Waals surface area contributed by atoms with E-state index in [9.17, 15) is 4.79 Å². The molecule has 0 bridgehead atoms. The zero-order valence-corrected chi connectivity index (χ0v) is 12.6. The van der Waals surface area contributed by atoms with E-state index in [1.807, 2.05) is 26.0 Å². The van der Waals surface area contributed by atoms with Gasteiger partial charge in [-0.05, 0) is 44.4 Å². The van der Waals surface area contributed by atoms with Crippen molar-refractivity contribution in [2.24, 2.45) is 5.73 Å². The van der Waals surface area contributed by atoms with Crippen molar-refractivity contribution in [3.63, 3.8) is 0 Å². The van der Waals surface area contributed by atoms with Crippen molar-refractivity contribution in [1.82, 2.24) is 5.32 Å². The highest BCUT2D eigenvalue weighted by Crippen LogP contribution is 2.11. The largest absolute Gasteiger partial charge is 0.356 e. The van der Waals surface area contributed by atoms with Crippen LogP contribution < -0.4 is 11.1 Å². The van der Waals surface area contributed by atoms with Gasteiger partial charge in [0.1, 0.15) is 0 Å². The number of carbonyl (C=O) groups excluding carboxylic acids is 1. The van der Waals surface area contributed by atoms with Crippen LogP contribution in [0.5, 0.6) is 0 Å². The molecule has 0 spiro atoms. The van der Waals surface area contributed by atoms with E-state index in [0.29, 0.717) is 19.4 Å². The van der Waals surface area contributed by atoms with Crippen molar-refractivity contribution >= 4 is 21.8 Å². The van der Waals surface area contributed by atoms with E-state index in [1.165, 1.54) is 5.56 Å². The van der Waals surface area contributed by atoms with Crippen molar-refractivity contribution in [2.75, 3.05) is 6.54 Å². The van der Waals surface area contributed by atoms with Crippen LogP contribution >= 0.6 is 15.9 Å². The van der Waals surface area contributed by atoms with E-state index in [2.05, 4.69) is 33.4 Å². The quantitative estimate of drug-likeness (QED) is 0.848. The van der Waals surface area contributed by atoms with Crippen LogP contribution in [0.1, 0.15) is 32.3 Å². The van der Waals surface area contributed by atoms with Gasteiger partial charge < -0.3 is 11.1 Å². The highest BCUT2D eigenvalue weighted by molar-refractivity contribution is 9.10. The Bertz CT molecular complexity index is 399. The topological polar surface area (TPSA) is 55.1 Å². The summed E-state index contributed by atoms with van der Waals surface area (Å²) in [6.45, 7) is 4.53. The Kier molecular flexibility index (Phi) is 5.82. The molecule has 0 aromatic heterocycles. The van der Waals surface area contributed by atoms with Crippen molar-refractivity contribution in [2.45, 2.75) is 38.6 Å². The summed E-state index contributed by atoms with van der Waals surface area (Å²) >= 11 is 3.43. The molecule has 1 aromatic rings. The Labute approximate surface area is 117 Å². The zero-order chi connectivity index (χ0) is 13.6. The van der Waals surface area contributed by atoms with Crippen LogP contribution in [0.15, 0.2) is 28.7 Å². The van der Waals surface area contributed by atoms with Crippen molar-refractivity contribution in [3.8, 4) is 0 Å². The first-order valence-corrected chi connectivity index (χ1v) is 6.96. The molecule has 3 nitrogen and oxygen atoms in total. The summed E-state index contributed by atoms with van der Waals surface area (Å²) in [5.41, 5.74) is 6.77. The molecule has 0 saturated carbocycles. The predicted octanol–water partition coefficient (Wildman–Crippen LogP) is 2.63. The van der Waals surface area contributed by atoms with E-state index in [1.54, 1.807) is 0 Å². The molecule has 0 radical (unpaired) electrons. The lowest BCUT2D eigenvalue weighted by Gasteiger charge is -2.17. The van der Waals surface area contributed by atoms with E-state index in [-0.39, 0.29) is 11.4 Å². The summed E-state index contributed by atoms with van der Waals surface area (Å²) < 4.78 is 1.07. The highest BCUT2D eigenvalue weighted by Gasteiger charge is 2.12. The number of hydrogen-bond donors (Lipinski definition) is 2. The smallest absolute Gasteiger partial charge is 0.220 e. The lowest BCUT2D eigenvalue weighted by molar-refractivity contribution is -0.121. The standard InChI is InChI=1S/C14H21BrN2O/c1-14(2,16)8-6-13(18)17-9-7-11-4-3-5-12(15)10-11/h3-5,10H,6-9,16H2,1-2H3,(H,17,18). The van der Waals surface area contributed by atoms with Crippen LogP contribution in [-0.4, -0.2) is 18.0 Å². The van der Waals surface area contributed by atoms with Gasteiger partial charge in [0, 0.05) is 23.0 Å². The number of benzene rings is 1. The number of amides is 1. The molecule has 0 heterocycles. The number of halogens is 1. The van der Waals surface area contributed by atoms with E-state index in [0.717, 1.165) is 10.9 Å². The van der Waals surface area contributed by atoms with Gasteiger partial charge in [-0.3, -0.25) is 4.79 Å². The molecule has 18 heavy (non-hydrogen) atoms. The van der Waals surface area contributed by atoms with Crippen LogP contribution in [-0.2, 0) is 11.2 Å². The van der Waals surface area contributed by atoms with Gasteiger partial charge >= 0.3 is 0 Å². The third kappa shape index (κ3) is 6.77. The molecule has 0 saturated heterocycles. The zero-order valence-electron chi connectivity index (χ0n) is 11.0. The van der Waals surface area contributed by atoms with Gasteiger partial charge in [0.25, 0.3) is 0 Å². The number of carbonyl (C=O) groups is 1. The molecule has 0 fully saturated rings. The lowest BCUT2D eigenvalue weighted by atomic mass is 10.00. The average Bonchev–Trinajstić information content (AvgIpc) is 2.25. The summed E-state index contributed by atoms with van der Waals surface area (Å²) in [5, 5.41) is 2.91. The van der Waals surface area contributed by atoms with Crippen LogP contribution in [0.25, 0.3) is 0 Å². The first-order valence-electron chi connectivity index (χ1n) is 6.17. The van der Waals surface area contributed by atoms with Crippen LogP contribution in [0.3, 0.4) is 0 Å². The third-order valence-corrected chi connectivity index (χ3v) is 3.11. The Morgan fingerprint density at radius 1 is 1.44 bits per heavy atom. The normalized spacial score (nSPS) is 11.3. The minimum atomic E-state index is -0.276. The fraction of sp³-hybridized carbons (Fsp3) is 0.500. The molecular weight excluding hydrogens is 292 g/mol. The second-order valence-corrected chi connectivity index (χ2v) is 6.13. The van der Waals surface area contributed by atoms with E-state index in [4.69, 9.17) is 5.73 Å². The first kappa shape index (κ1) is 15.2. The second kappa shape index (κ2) is 6.90. The summed E-state index contributed by atoms with van der Waals surface area (Å²) in [7, 11) is 0. The summed E-state index contributed by atoms with van der Waals surface area (Å²) in [6, 6.07) is 8.11. The van der Waals surface area contributed by atoms with Crippen molar-refractivity contribution in [3.05, 3.63) is 34.3 Å². The maximum absolute atomic E-state index is 11.6. The monoisotopic (exact) mass is 312 g/mol. The highest BCUT2D eigenvalue weighted by atomic mass is 79.9. The van der Waals surface area contributed by atoms with E-state index < -0.39 is 0 Å². The van der Waals surface area contributed by atoms with Gasteiger partial charge in [-0.2, -0.15) is 0 Å². The third-order valence-electron chi connectivity index (χ3n) is 2.62. The van der Waals surface area contributed by atoms with Gasteiger partial charge in [0.2, 0.25) is 5.91 Å². The fourth-order valence-corrected chi connectivity index (χ4v) is 2.01. The van der Waals surface area contributed by atoms with Gasteiger partial charge in [0.05, 0.1) is 0 Å². The first-order chi connectivity index (χ1) is 8.37. The second-order valence-electron chi connectivity index (χ2n) is 5.22. The maximum Gasteiger partial charge on any atom is 0.220 e. The molecule has 1 amide bonds. The number of hydrogen-bond acceptors (Lipinski definition) is 2. The summed E-state index contributed by atoms with van der Waals surface area (Å²) in [6.07, 6.45) is 2.04. The molecule has 0 aliphatic rings. The fourth-order valence-electron chi connectivity index (χ4n) is 1.56. The van der Waals surface area contributed by atoms with Gasteiger partial charge in [-0.15, -0.1) is 0 Å². The molecule has 1 aromatic carbocycles. The maximum atomic E-state index is 11.6. The van der Waals surface area contributed by atoms with Crippen LogP contribution in [0, 0.1) is 0 Å². The van der Waals surface area contributed by atoms with Gasteiger partial charge in [-0.1, -0.05) is 28.1 Å². The number of nitrogens with one attached hydrogen (secondary N) is 1. The molecule has 3 N–H and O–H groups in total. The summed E-state index contributed by atoms with van der Waals surface area (Å²) in [5.74, 6) is 0.0727. The molecule has 0 unspecified atom stereocenters. The predicted molar refractivity (Wildman–Crippen MR) is 78.4 cm³/mol. The minimum Gasteiger partial charge on any atom is -0.356 e. The van der Waals surface area contributed by atoms with E-state index >= 15 is 0 Å². The van der Waals surface area contributed by atoms with Crippen LogP contribution in [0.2, 0.25) is 0 Å². The minimum absolute atomic E-state index is 0.0727. The average molecular weight is 313 g/mol. The van der Waals surface area contributed by atoms with Gasteiger partial charge in [0.15, 0.2) is 0 Å². The van der Waals surface area contributed by atoms with Crippen molar-refractivity contribution in [1.29, 1.82) is 0 Å². The molecule has 100 valence electrons. The molecule has 1 rings (SSSR count). The Morgan fingerprint density at radius 2 is 2.17 bits per heavy atom. The van der Waals surface area contributed by atoms with Crippen molar-refractivity contribution < 1.29 is 4.79 Å². The lowest BCUT2D eigenvalue weighted by Crippen LogP contribution is -2.34. The Balaban J connectivity index is 2.23. The molecule has 0 aliphatic heterocycles. The molecule has 4 heteroatoms. The molecular formula is C14H21BrN2O. The molecule has 0 aliphatic carbocycles. The SMILES string of the molecule is CC(C)(N)CCC(=O)NCCc1cccc(Br)c1. The molecule has 0 atom stereocenters. The number of rotatable bonds is 6. The Hall–Kier alpha value is -0.870. The Morgan fingerprint density at radius 3 is 2.78 bits per heavy atom. The number of nitrogens with two attached hydrogens (primary N) is 1.